The van der Waals surface area contributed by atoms with E-state index < -0.39 is 0 Å². The Labute approximate surface area is 178 Å². The molecule has 0 saturated heterocycles. The van der Waals surface area contributed by atoms with Crippen molar-refractivity contribution in [3.63, 3.8) is 0 Å². The number of allylic oxidation sites excluding steroid dienone is 3. The minimum atomic E-state index is -0.192. The van der Waals surface area contributed by atoms with E-state index in [2.05, 4.69) is 56.9 Å². The van der Waals surface area contributed by atoms with Crippen molar-refractivity contribution in [2.75, 3.05) is 0 Å². The van der Waals surface area contributed by atoms with Gasteiger partial charge in [-0.3, -0.25) is 0 Å². The molecular formula is C26H30N4. The molecule has 0 bridgehead atoms. The van der Waals surface area contributed by atoms with E-state index in [4.69, 9.17) is 15.8 Å². The Bertz CT molecular complexity index is 1140. The summed E-state index contributed by atoms with van der Waals surface area (Å²) in [6.45, 7) is 10.6. The maximum absolute atomic E-state index is 6.54. The molecule has 0 amide bonds. The van der Waals surface area contributed by atoms with E-state index in [1.807, 2.05) is 29.6 Å². The fourth-order valence-electron chi connectivity index (χ4n) is 4.28. The molecule has 1 aliphatic carbocycles. The van der Waals surface area contributed by atoms with E-state index in [9.17, 15) is 0 Å². The van der Waals surface area contributed by atoms with Gasteiger partial charge < -0.3 is 5.73 Å². The third kappa shape index (κ3) is 3.52. The van der Waals surface area contributed by atoms with Gasteiger partial charge in [-0.05, 0) is 62.3 Å². The summed E-state index contributed by atoms with van der Waals surface area (Å²) in [5.74, 6) is 0. The van der Waals surface area contributed by atoms with Crippen LogP contribution in [-0.2, 0) is 6.42 Å². The largest absolute Gasteiger partial charge is 0.321 e. The maximum Gasteiger partial charge on any atom is 0.154 e. The van der Waals surface area contributed by atoms with Crippen molar-refractivity contribution in [2.24, 2.45) is 5.73 Å². The van der Waals surface area contributed by atoms with Gasteiger partial charge in [0.05, 0.1) is 17.1 Å². The maximum atomic E-state index is 6.54. The number of imidazole rings is 1. The highest BCUT2D eigenvalue weighted by Gasteiger charge is 2.34. The summed E-state index contributed by atoms with van der Waals surface area (Å²) in [7, 11) is 0. The van der Waals surface area contributed by atoms with Crippen LogP contribution in [0.2, 0.25) is 0 Å². The Kier molecular flexibility index (Phi) is 5.44. The van der Waals surface area contributed by atoms with Gasteiger partial charge in [-0.25, -0.2) is 9.50 Å². The lowest BCUT2D eigenvalue weighted by atomic mass is 9.72. The van der Waals surface area contributed by atoms with E-state index in [0.29, 0.717) is 0 Å². The van der Waals surface area contributed by atoms with Gasteiger partial charge in [-0.1, -0.05) is 62.1 Å². The highest BCUT2D eigenvalue weighted by molar-refractivity contribution is 5.84. The van der Waals surface area contributed by atoms with Crippen LogP contribution in [0.15, 0.2) is 66.8 Å². The number of hydrogen-bond acceptors (Lipinski definition) is 3. The van der Waals surface area contributed by atoms with Crippen molar-refractivity contribution in [2.45, 2.75) is 52.0 Å². The zero-order valence-electron chi connectivity index (χ0n) is 18.2. The van der Waals surface area contributed by atoms with Crippen molar-refractivity contribution < 1.29 is 0 Å². The number of nitrogens with two attached hydrogens (primary N) is 1. The van der Waals surface area contributed by atoms with Gasteiger partial charge in [0.1, 0.15) is 0 Å². The SMILES string of the molecule is C=C(/C=C\C(=C/C)C1(N)CCC1)c1nn2c(CC)c(C)nc2cc1-c1ccccc1. The van der Waals surface area contributed by atoms with Crippen molar-refractivity contribution in [3.8, 4) is 11.1 Å². The standard InChI is InChI=1S/C26H30N4/c1-5-21(26(27)15-10-16-26)14-13-18(3)25-22(20-11-8-7-9-12-20)17-24-28-19(4)23(6-2)30(24)29-25/h5,7-9,11-14,17H,3,6,10,15-16,27H2,1-2,4H3/b14-13-,21-5+. The first kappa shape index (κ1) is 20.3. The molecule has 0 unspecified atom stereocenters. The molecule has 2 N–H and O–H groups in total. The Hall–Kier alpha value is -2.98. The summed E-state index contributed by atoms with van der Waals surface area (Å²) >= 11 is 0. The van der Waals surface area contributed by atoms with Crippen LogP contribution in [-0.4, -0.2) is 20.1 Å². The predicted octanol–water partition coefficient (Wildman–Crippen LogP) is 5.66. The smallest absolute Gasteiger partial charge is 0.154 e. The lowest BCUT2D eigenvalue weighted by Crippen LogP contribution is -2.47. The molecule has 1 saturated carbocycles. The molecular weight excluding hydrogens is 368 g/mol. The molecule has 3 aromatic rings. The van der Waals surface area contributed by atoms with Crippen LogP contribution in [0.4, 0.5) is 0 Å². The first-order valence-corrected chi connectivity index (χ1v) is 10.7. The number of fused-ring (bicyclic) bond motifs is 1. The second-order valence-electron chi connectivity index (χ2n) is 8.15. The summed E-state index contributed by atoms with van der Waals surface area (Å²) in [5, 5.41) is 5.00. The number of aryl methyl sites for hydroxylation is 2. The zero-order chi connectivity index (χ0) is 21.3. The van der Waals surface area contributed by atoms with Gasteiger partial charge in [0.25, 0.3) is 0 Å². The molecule has 4 nitrogen and oxygen atoms in total. The molecule has 1 fully saturated rings. The molecule has 0 spiro atoms. The van der Waals surface area contributed by atoms with Crippen LogP contribution in [0.3, 0.4) is 0 Å². The number of benzene rings is 1. The number of hydrogen-bond donors (Lipinski definition) is 1. The summed E-state index contributed by atoms with van der Waals surface area (Å²) < 4.78 is 1.96. The van der Waals surface area contributed by atoms with E-state index in [1.165, 1.54) is 12.0 Å². The number of rotatable bonds is 6. The molecule has 0 aliphatic heterocycles. The van der Waals surface area contributed by atoms with Gasteiger partial charge in [0.15, 0.2) is 5.65 Å². The average Bonchev–Trinajstić information content (AvgIpc) is 3.06. The Balaban J connectivity index is 1.81. The first-order chi connectivity index (χ1) is 14.5. The molecule has 1 aromatic carbocycles. The first-order valence-electron chi connectivity index (χ1n) is 10.7. The third-order valence-electron chi connectivity index (χ3n) is 6.22. The lowest BCUT2D eigenvalue weighted by Gasteiger charge is -2.39. The quantitative estimate of drug-likeness (QED) is 0.545. The average molecular weight is 399 g/mol. The van der Waals surface area contributed by atoms with Crippen LogP contribution in [0.1, 0.15) is 50.2 Å². The molecule has 1 aliphatic rings. The summed E-state index contributed by atoms with van der Waals surface area (Å²) in [5.41, 5.74) is 14.4. The third-order valence-corrected chi connectivity index (χ3v) is 6.22. The molecule has 4 heteroatoms. The number of aromatic nitrogens is 3. The van der Waals surface area contributed by atoms with Gasteiger partial charge in [0, 0.05) is 11.1 Å². The van der Waals surface area contributed by atoms with Crippen LogP contribution < -0.4 is 5.73 Å². The Morgan fingerprint density at radius 2 is 1.97 bits per heavy atom. The molecule has 2 aromatic heterocycles. The van der Waals surface area contributed by atoms with E-state index in [0.717, 1.165) is 58.7 Å². The molecule has 30 heavy (non-hydrogen) atoms. The van der Waals surface area contributed by atoms with Crippen molar-refractivity contribution >= 4 is 11.2 Å². The van der Waals surface area contributed by atoms with Crippen LogP contribution in [0.5, 0.6) is 0 Å². The summed E-state index contributed by atoms with van der Waals surface area (Å²) in [6.07, 6.45) is 10.4. The van der Waals surface area contributed by atoms with Gasteiger partial charge in [-0.15, -0.1) is 0 Å². The van der Waals surface area contributed by atoms with Crippen molar-refractivity contribution in [3.05, 3.63) is 83.9 Å². The summed E-state index contributed by atoms with van der Waals surface area (Å²) in [6, 6.07) is 12.4. The minimum Gasteiger partial charge on any atom is -0.321 e. The molecule has 4 rings (SSSR count). The molecule has 0 atom stereocenters. The normalized spacial score (nSPS) is 16.2. The second-order valence-corrected chi connectivity index (χ2v) is 8.15. The lowest BCUT2D eigenvalue weighted by molar-refractivity contribution is 0.304. The zero-order valence-corrected chi connectivity index (χ0v) is 18.2. The summed E-state index contributed by atoms with van der Waals surface area (Å²) in [4.78, 5) is 4.74. The number of nitrogens with zero attached hydrogens (tertiary/aromatic N) is 3. The van der Waals surface area contributed by atoms with E-state index in [1.54, 1.807) is 0 Å². The van der Waals surface area contributed by atoms with Crippen LogP contribution >= 0.6 is 0 Å². The van der Waals surface area contributed by atoms with Crippen LogP contribution in [0, 0.1) is 6.92 Å². The van der Waals surface area contributed by atoms with Crippen molar-refractivity contribution in [1.29, 1.82) is 0 Å². The van der Waals surface area contributed by atoms with Gasteiger partial charge >= 0.3 is 0 Å². The fraction of sp³-hybridized carbons (Fsp3) is 0.308. The Morgan fingerprint density at radius 3 is 2.57 bits per heavy atom. The highest BCUT2D eigenvalue weighted by atomic mass is 15.3. The molecule has 0 radical (unpaired) electrons. The van der Waals surface area contributed by atoms with Gasteiger partial charge in [-0.2, -0.15) is 5.10 Å². The van der Waals surface area contributed by atoms with E-state index in [-0.39, 0.29) is 5.54 Å². The van der Waals surface area contributed by atoms with E-state index >= 15 is 0 Å². The van der Waals surface area contributed by atoms with Crippen LogP contribution in [0.25, 0.3) is 22.3 Å². The second kappa shape index (κ2) is 8.04. The predicted molar refractivity (Wildman–Crippen MR) is 125 cm³/mol. The van der Waals surface area contributed by atoms with Crippen molar-refractivity contribution in [1.82, 2.24) is 14.6 Å². The Morgan fingerprint density at radius 1 is 1.23 bits per heavy atom. The molecule has 154 valence electrons. The highest BCUT2D eigenvalue weighted by Crippen LogP contribution is 2.37. The monoisotopic (exact) mass is 398 g/mol. The fourth-order valence-corrected chi connectivity index (χ4v) is 4.28. The van der Waals surface area contributed by atoms with Gasteiger partial charge in [0.2, 0.25) is 0 Å². The topological polar surface area (TPSA) is 56.2 Å². The molecule has 2 heterocycles. The minimum absolute atomic E-state index is 0.192.